The summed E-state index contributed by atoms with van der Waals surface area (Å²) in [6.07, 6.45) is 6.35. The number of aryl methyl sites for hydroxylation is 1. The van der Waals surface area contributed by atoms with Gasteiger partial charge in [-0.2, -0.15) is 5.10 Å². The molecule has 1 atom stereocenters. The molecule has 5 nitrogen and oxygen atoms in total. The maximum atomic E-state index is 5.61. The maximum Gasteiger partial charge on any atom is 0.103 e. The quantitative estimate of drug-likeness (QED) is 0.592. The highest BCUT2D eigenvalue weighted by Gasteiger charge is 2.11. The second-order valence-electron chi connectivity index (χ2n) is 5.07. The van der Waals surface area contributed by atoms with Crippen molar-refractivity contribution < 1.29 is 4.42 Å². The lowest BCUT2D eigenvalue weighted by atomic mass is 10.1. The van der Waals surface area contributed by atoms with E-state index in [-0.39, 0.29) is 6.04 Å². The van der Waals surface area contributed by atoms with Crippen LogP contribution in [-0.2, 0) is 12.8 Å². The van der Waals surface area contributed by atoms with Crippen LogP contribution >= 0.6 is 0 Å². The van der Waals surface area contributed by atoms with Gasteiger partial charge in [-0.05, 0) is 38.5 Å². The Bertz CT molecular complexity index is 475. The molecule has 1 unspecified atom stereocenters. The van der Waals surface area contributed by atoms with Crippen LogP contribution in [-0.4, -0.2) is 15.8 Å². The first kappa shape index (κ1) is 13.8. The number of hydrazine groups is 1. The van der Waals surface area contributed by atoms with Crippen molar-refractivity contribution in [2.24, 2.45) is 5.84 Å². The van der Waals surface area contributed by atoms with E-state index in [0.29, 0.717) is 6.04 Å². The van der Waals surface area contributed by atoms with Gasteiger partial charge in [-0.15, -0.1) is 0 Å². The minimum Gasteiger partial charge on any atom is -0.469 e. The van der Waals surface area contributed by atoms with Crippen molar-refractivity contribution in [2.45, 2.75) is 45.2 Å². The Balaban J connectivity index is 1.87. The average molecular weight is 262 g/mol. The molecular weight excluding hydrogens is 240 g/mol. The highest BCUT2D eigenvalue weighted by Crippen LogP contribution is 2.10. The Morgan fingerprint density at radius 1 is 1.42 bits per heavy atom. The van der Waals surface area contributed by atoms with Crippen LogP contribution in [0.25, 0.3) is 0 Å². The van der Waals surface area contributed by atoms with Crippen LogP contribution in [0.4, 0.5) is 0 Å². The second kappa shape index (κ2) is 6.54. The van der Waals surface area contributed by atoms with Crippen molar-refractivity contribution in [3.8, 4) is 0 Å². The Morgan fingerprint density at radius 3 is 2.84 bits per heavy atom. The Labute approximate surface area is 113 Å². The molecular formula is C14H22N4O. The summed E-state index contributed by atoms with van der Waals surface area (Å²) in [6.45, 7) is 4.23. The van der Waals surface area contributed by atoms with Crippen molar-refractivity contribution in [3.05, 3.63) is 42.1 Å². The molecule has 0 fully saturated rings. The molecule has 2 aromatic heterocycles. The topological polar surface area (TPSA) is 69.0 Å². The summed E-state index contributed by atoms with van der Waals surface area (Å²) < 4.78 is 7.29. The molecule has 5 heteroatoms. The first-order valence-corrected chi connectivity index (χ1v) is 6.71. The molecule has 2 aromatic rings. The van der Waals surface area contributed by atoms with Crippen molar-refractivity contribution in [3.63, 3.8) is 0 Å². The van der Waals surface area contributed by atoms with Crippen molar-refractivity contribution >= 4 is 0 Å². The van der Waals surface area contributed by atoms with Gasteiger partial charge in [0.05, 0.1) is 12.0 Å². The van der Waals surface area contributed by atoms with Gasteiger partial charge in [0.1, 0.15) is 5.76 Å². The molecule has 0 aliphatic rings. The van der Waals surface area contributed by atoms with E-state index >= 15 is 0 Å². The first-order valence-electron chi connectivity index (χ1n) is 6.71. The third kappa shape index (κ3) is 3.94. The van der Waals surface area contributed by atoms with Gasteiger partial charge in [-0.3, -0.25) is 16.0 Å². The third-order valence-corrected chi connectivity index (χ3v) is 3.20. The second-order valence-corrected chi connectivity index (χ2v) is 5.07. The van der Waals surface area contributed by atoms with E-state index in [1.807, 2.05) is 23.0 Å². The summed E-state index contributed by atoms with van der Waals surface area (Å²) in [6, 6.07) is 6.55. The molecule has 2 heterocycles. The fourth-order valence-electron chi connectivity index (χ4n) is 2.04. The van der Waals surface area contributed by atoms with Crippen molar-refractivity contribution in [1.82, 2.24) is 15.2 Å². The van der Waals surface area contributed by atoms with Crippen molar-refractivity contribution in [2.75, 3.05) is 0 Å². The largest absolute Gasteiger partial charge is 0.469 e. The molecule has 3 N–H and O–H groups in total. The van der Waals surface area contributed by atoms with Gasteiger partial charge in [0, 0.05) is 31.1 Å². The van der Waals surface area contributed by atoms with Gasteiger partial charge < -0.3 is 4.42 Å². The number of furan rings is 1. The number of aromatic nitrogens is 2. The van der Waals surface area contributed by atoms with Crippen LogP contribution < -0.4 is 11.3 Å². The molecule has 0 aliphatic carbocycles. The van der Waals surface area contributed by atoms with Gasteiger partial charge in [-0.1, -0.05) is 0 Å². The van der Waals surface area contributed by atoms with Gasteiger partial charge in [0.15, 0.2) is 0 Å². The van der Waals surface area contributed by atoms with E-state index in [1.54, 1.807) is 6.26 Å². The van der Waals surface area contributed by atoms with Crippen molar-refractivity contribution in [1.29, 1.82) is 0 Å². The number of nitrogens with zero attached hydrogens (tertiary/aromatic N) is 2. The zero-order valence-electron chi connectivity index (χ0n) is 11.5. The minimum absolute atomic E-state index is 0.209. The number of hydrogen-bond acceptors (Lipinski definition) is 4. The smallest absolute Gasteiger partial charge is 0.103 e. The van der Waals surface area contributed by atoms with Crippen LogP contribution in [0.3, 0.4) is 0 Å². The summed E-state index contributed by atoms with van der Waals surface area (Å²) >= 11 is 0. The molecule has 0 amide bonds. The summed E-state index contributed by atoms with van der Waals surface area (Å²) in [7, 11) is 0. The zero-order chi connectivity index (χ0) is 13.7. The summed E-state index contributed by atoms with van der Waals surface area (Å²) in [5.74, 6) is 6.60. The zero-order valence-corrected chi connectivity index (χ0v) is 11.5. The fourth-order valence-corrected chi connectivity index (χ4v) is 2.04. The van der Waals surface area contributed by atoms with E-state index in [4.69, 9.17) is 10.3 Å². The minimum atomic E-state index is 0.209. The lowest BCUT2D eigenvalue weighted by Crippen LogP contribution is -2.37. The molecule has 0 spiro atoms. The molecule has 19 heavy (non-hydrogen) atoms. The summed E-state index contributed by atoms with van der Waals surface area (Å²) in [4.78, 5) is 0. The highest BCUT2D eigenvalue weighted by atomic mass is 16.3. The van der Waals surface area contributed by atoms with E-state index in [9.17, 15) is 0 Å². The molecule has 0 saturated carbocycles. The van der Waals surface area contributed by atoms with Gasteiger partial charge in [0.25, 0.3) is 0 Å². The third-order valence-electron chi connectivity index (χ3n) is 3.20. The van der Waals surface area contributed by atoms with Crippen LogP contribution in [0.15, 0.2) is 35.1 Å². The fraction of sp³-hybridized carbons (Fsp3) is 0.500. The molecule has 0 aromatic carbocycles. The number of rotatable bonds is 7. The molecule has 2 rings (SSSR count). The van der Waals surface area contributed by atoms with Crippen LogP contribution in [0, 0.1) is 0 Å². The predicted molar refractivity (Wildman–Crippen MR) is 74.5 cm³/mol. The Hall–Kier alpha value is -1.59. The average Bonchev–Trinajstić information content (AvgIpc) is 3.05. The van der Waals surface area contributed by atoms with E-state index in [0.717, 1.165) is 30.7 Å². The van der Waals surface area contributed by atoms with Crippen LogP contribution in [0.5, 0.6) is 0 Å². The molecule has 0 bridgehead atoms. The summed E-state index contributed by atoms with van der Waals surface area (Å²) in [5, 5.41) is 4.54. The lowest BCUT2D eigenvalue weighted by Gasteiger charge is -2.13. The Kier molecular flexibility index (Phi) is 4.76. The molecule has 0 saturated heterocycles. The number of hydrogen-bond donors (Lipinski definition) is 2. The predicted octanol–water partition coefficient (Wildman–Crippen LogP) is 2.06. The molecule has 0 radical (unpaired) electrons. The lowest BCUT2D eigenvalue weighted by molar-refractivity contribution is 0.441. The van der Waals surface area contributed by atoms with E-state index in [1.165, 1.54) is 0 Å². The van der Waals surface area contributed by atoms with Crippen LogP contribution in [0.2, 0.25) is 0 Å². The SMILES string of the molecule is CC(C)n1ccc(CC(CCc2ccco2)NN)n1. The first-order chi connectivity index (χ1) is 9.19. The van der Waals surface area contributed by atoms with Crippen LogP contribution in [0.1, 0.15) is 37.8 Å². The van der Waals surface area contributed by atoms with Gasteiger partial charge in [0.2, 0.25) is 0 Å². The maximum absolute atomic E-state index is 5.61. The van der Waals surface area contributed by atoms with Gasteiger partial charge >= 0.3 is 0 Å². The highest BCUT2D eigenvalue weighted by molar-refractivity contribution is 5.03. The summed E-state index contributed by atoms with van der Waals surface area (Å²) in [5.41, 5.74) is 3.93. The monoisotopic (exact) mass is 262 g/mol. The molecule has 0 aliphatic heterocycles. The number of nitrogens with two attached hydrogens (primary N) is 1. The van der Waals surface area contributed by atoms with E-state index in [2.05, 4.69) is 30.4 Å². The van der Waals surface area contributed by atoms with E-state index < -0.39 is 0 Å². The molecule has 104 valence electrons. The van der Waals surface area contributed by atoms with Gasteiger partial charge in [-0.25, -0.2) is 0 Å². The number of nitrogens with one attached hydrogen (secondary N) is 1. The standard InChI is InChI=1S/C14H22N4O/c1-11(2)18-8-7-13(17-18)10-12(16-15)5-6-14-4-3-9-19-14/h3-4,7-9,11-12,16H,5-6,10,15H2,1-2H3. The Morgan fingerprint density at radius 2 is 2.26 bits per heavy atom. The normalized spacial score (nSPS) is 13.1.